The number of hydrogen-bond donors (Lipinski definition) is 2. The van der Waals surface area contributed by atoms with E-state index in [-0.39, 0.29) is 17.9 Å². The van der Waals surface area contributed by atoms with E-state index in [1.807, 2.05) is 5.38 Å². The maximum Gasteiger partial charge on any atom is 0.229 e. The maximum atomic E-state index is 12.3. The minimum absolute atomic E-state index is 0.0325. The maximum absolute atomic E-state index is 12.3. The van der Waals surface area contributed by atoms with Gasteiger partial charge in [-0.05, 0) is 38.3 Å². The van der Waals surface area contributed by atoms with Crippen molar-refractivity contribution < 1.29 is 4.79 Å². The van der Waals surface area contributed by atoms with Crippen LogP contribution in [0.3, 0.4) is 0 Å². The van der Waals surface area contributed by atoms with Crippen LogP contribution in [0.25, 0.3) is 10.6 Å². The Morgan fingerprint density at radius 1 is 1.43 bits per heavy atom. The van der Waals surface area contributed by atoms with Crippen molar-refractivity contribution in [3.63, 3.8) is 0 Å². The van der Waals surface area contributed by atoms with Gasteiger partial charge < -0.3 is 11.1 Å². The van der Waals surface area contributed by atoms with Crippen molar-refractivity contribution in [2.75, 3.05) is 5.32 Å². The van der Waals surface area contributed by atoms with Crippen molar-refractivity contribution in [1.29, 1.82) is 0 Å². The van der Waals surface area contributed by atoms with Crippen LogP contribution in [0.1, 0.15) is 30.6 Å². The Hall–Kier alpha value is -1.24. The fraction of sp³-hybridized carbons (Fsp3) is 0.467. The normalized spacial score (nSPS) is 22.2. The number of amides is 1. The molecule has 21 heavy (non-hydrogen) atoms. The molecule has 0 radical (unpaired) electrons. The van der Waals surface area contributed by atoms with Crippen molar-refractivity contribution in [1.82, 2.24) is 4.98 Å². The molecule has 2 atom stereocenters. The number of aryl methyl sites for hydroxylation is 1. The predicted octanol–water partition coefficient (Wildman–Crippen LogP) is 3.64. The lowest BCUT2D eigenvalue weighted by atomic mass is 9.86. The molecule has 1 fully saturated rings. The summed E-state index contributed by atoms with van der Waals surface area (Å²) in [6.07, 6.45) is 3.79. The number of nitrogens with zero attached hydrogens (tertiary/aromatic N) is 1. The van der Waals surface area contributed by atoms with Gasteiger partial charge in [0.25, 0.3) is 0 Å². The third-order valence-corrected chi connectivity index (χ3v) is 5.59. The first-order chi connectivity index (χ1) is 10.1. The van der Waals surface area contributed by atoms with Crippen LogP contribution in [0.15, 0.2) is 17.5 Å². The van der Waals surface area contributed by atoms with Crippen LogP contribution in [0, 0.1) is 12.8 Å². The zero-order valence-corrected chi connectivity index (χ0v) is 13.6. The summed E-state index contributed by atoms with van der Waals surface area (Å²) >= 11 is 3.20. The van der Waals surface area contributed by atoms with E-state index in [2.05, 4.69) is 29.4 Å². The largest absolute Gasteiger partial charge is 0.328 e. The highest BCUT2D eigenvalue weighted by molar-refractivity contribution is 7.17. The highest BCUT2D eigenvalue weighted by Gasteiger charge is 2.25. The Bertz CT molecular complexity index is 634. The van der Waals surface area contributed by atoms with Crippen LogP contribution in [0.2, 0.25) is 0 Å². The third-order valence-electron chi connectivity index (χ3n) is 3.81. The second kappa shape index (κ2) is 6.25. The summed E-state index contributed by atoms with van der Waals surface area (Å²) in [5.41, 5.74) is 6.89. The molecule has 0 bridgehead atoms. The fourth-order valence-corrected chi connectivity index (χ4v) is 4.31. The molecule has 112 valence electrons. The Kier molecular flexibility index (Phi) is 4.37. The van der Waals surface area contributed by atoms with Crippen LogP contribution in [0.4, 0.5) is 5.13 Å². The molecule has 0 aromatic carbocycles. The van der Waals surface area contributed by atoms with Gasteiger partial charge in [0.05, 0.1) is 10.6 Å². The lowest BCUT2D eigenvalue weighted by Gasteiger charge is -2.25. The second-order valence-corrected chi connectivity index (χ2v) is 7.71. The average Bonchev–Trinajstić information content (AvgIpc) is 3.07. The Balaban J connectivity index is 1.65. The number of rotatable bonds is 3. The second-order valence-electron chi connectivity index (χ2n) is 5.56. The summed E-state index contributed by atoms with van der Waals surface area (Å²) < 4.78 is 0. The predicted molar refractivity (Wildman–Crippen MR) is 88.7 cm³/mol. The Labute approximate surface area is 132 Å². The number of thiazole rings is 1. The van der Waals surface area contributed by atoms with Gasteiger partial charge in [-0.2, -0.15) is 0 Å². The minimum Gasteiger partial charge on any atom is -0.328 e. The molecule has 6 heteroatoms. The van der Waals surface area contributed by atoms with Crippen LogP contribution >= 0.6 is 22.7 Å². The van der Waals surface area contributed by atoms with E-state index < -0.39 is 0 Å². The number of anilines is 1. The van der Waals surface area contributed by atoms with Gasteiger partial charge in [-0.1, -0.05) is 6.42 Å². The van der Waals surface area contributed by atoms with Crippen molar-refractivity contribution in [3.05, 3.63) is 22.4 Å². The van der Waals surface area contributed by atoms with E-state index in [0.29, 0.717) is 5.13 Å². The molecule has 1 saturated carbocycles. The molecule has 0 aliphatic heterocycles. The van der Waals surface area contributed by atoms with Gasteiger partial charge >= 0.3 is 0 Å². The molecular formula is C15H19N3OS2. The fourth-order valence-electron chi connectivity index (χ4n) is 2.69. The topological polar surface area (TPSA) is 68.0 Å². The number of aromatic nitrogens is 1. The molecule has 2 heterocycles. The van der Waals surface area contributed by atoms with E-state index in [4.69, 9.17) is 5.73 Å². The summed E-state index contributed by atoms with van der Waals surface area (Å²) in [6, 6.07) is 4.32. The number of thiophene rings is 1. The lowest BCUT2D eigenvalue weighted by molar-refractivity contribution is -0.120. The average molecular weight is 321 g/mol. The number of carbonyl (C=O) groups excluding carboxylic acids is 1. The summed E-state index contributed by atoms with van der Waals surface area (Å²) in [5.74, 6) is 0.0958. The zero-order valence-electron chi connectivity index (χ0n) is 12.0. The van der Waals surface area contributed by atoms with Crippen molar-refractivity contribution in [2.45, 2.75) is 38.6 Å². The van der Waals surface area contributed by atoms with Gasteiger partial charge in [-0.25, -0.2) is 4.98 Å². The monoisotopic (exact) mass is 321 g/mol. The van der Waals surface area contributed by atoms with Gasteiger partial charge in [-0.3, -0.25) is 4.79 Å². The first kappa shape index (κ1) is 14.7. The lowest BCUT2D eigenvalue weighted by Crippen LogP contribution is -2.34. The van der Waals surface area contributed by atoms with Crippen LogP contribution in [-0.4, -0.2) is 16.9 Å². The molecular weight excluding hydrogens is 302 g/mol. The standard InChI is InChI=1S/C15H19N3OS2/c1-9-5-6-13(21-9)12-8-20-15(17-12)18-14(19)10-3-2-4-11(16)7-10/h5-6,8,10-11H,2-4,7,16H2,1H3,(H,17,18,19). The molecule has 2 unspecified atom stereocenters. The number of nitrogens with two attached hydrogens (primary N) is 1. The smallest absolute Gasteiger partial charge is 0.229 e. The van der Waals surface area contributed by atoms with E-state index in [0.717, 1.165) is 36.3 Å². The first-order valence-corrected chi connectivity index (χ1v) is 8.90. The van der Waals surface area contributed by atoms with E-state index in [1.54, 1.807) is 11.3 Å². The Morgan fingerprint density at radius 3 is 3.00 bits per heavy atom. The zero-order chi connectivity index (χ0) is 14.8. The van der Waals surface area contributed by atoms with Gasteiger partial charge in [0.2, 0.25) is 5.91 Å². The molecule has 3 rings (SSSR count). The SMILES string of the molecule is Cc1ccc(-c2csc(NC(=O)C3CCCC(N)C3)n2)s1. The van der Waals surface area contributed by atoms with E-state index >= 15 is 0 Å². The molecule has 0 saturated heterocycles. The van der Waals surface area contributed by atoms with Crippen LogP contribution in [0.5, 0.6) is 0 Å². The number of carbonyl (C=O) groups is 1. The van der Waals surface area contributed by atoms with Gasteiger partial charge in [-0.15, -0.1) is 22.7 Å². The van der Waals surface area contributed by atoms with Crippen LogP contribution in [-0.2, 0) is 4.79 Å². The van der Waals surface area contributed by atoms with Gasteiger partial charge in [0, 0.05) is 22.2 Å². The summed E-state index contributed by atoms with van der Waals surface area (Å²) in [4.78, 5) is 19.2. The van der Waals surface area contributed by atoms with E-state index in [9.17, 15) is 4.79 Å². The van der Waals surface area contributed by atoms with Crippen LogP contribution < -0.4 is 11.1 Å². The van der Waals surface area contributed by atoms with Crippen molar-refractivity contribution >= 4 is 33.7 Å². The van der Waals surface area contributed by atoms with Gasteiger partial charge in [0.1, 0.15) is 0 Å². The third kappa shape index (κ3) is 3.51. The molecule has 2 aromatic rings. The molecule has 3 N–H and O–H groups in total. The highest BCUT2D eigenvalue weighted by atomic mass is 32.1. The molecule has 1 aliphatic rings. The molecule has 2 aromatic heterocycles. The van der Waals surface area contributed by atoms with Gasteiger partial charge in [0.15, 0.2) is 5.13 Å². The quantitative estimate of drug-likeness (QED) is 0.907. The summed E-state index contributed by atoms with van der Waals surface area (Å²) in [7, 11) is 0. The molecule has 0 spiro atoms. The molecule has 1 aliphatic carbocycles. The number of hydrogen-bond acceptors (Lipinski definition) is 5. The highest BCUT2D eigenvalue weighted by Crippen LogP contribution is 2.31. The Morgan fingerprint density at radius 2 is 2.29 bits per heavy atom. The molecule has 1 amide bonds. The summed E-state index contributed by atoms with van der Waals surface area (Å²) in [5, 5.41) is 5.62. The molecule has 4 nitrogen and oxygen atoms in total. The minimum atomic E-state index is 0.0325. The summed E-state index contributed by atoms with van der Waals surface area (Å²) in [6.45, 7) is 2.08. The number of nitrogens with one attached hydrogen (secondary N) is 1. The van der Waals surface area contributed by atoms with Crippen molar-refractivity contribution in [2.24, 2.45) is 11.7 Å². The van der Waals surface area contributed by atoms with Crippen molar-refractivity contribution in [3.8, 4) is 10.6 Å². The first-order valence-electron chi connectivity index (χ1n) is 7.20. The van der Waals surface area contributed by atoms with E-state index in [1.165, 1.54) is 16.2 Å².